The van der Waals surface area contributed by atoms with Gasteiger partial charge in [-0.25, -0.2) is 0 Å². The first-order chi connectivity index (χ1) is 8.34. The molecule has 0 fully saturated rings. The molecule has 0 radical (unpaired) electrons. The topological polar surface area (TPSA) is 38.9 Å². The maximum atomic E-state index is 6.20. The Morgan fingerprint density at radius 2 is 1.89 bits per heavy atom. The molecule has 1 aromatic carbocycles. The number of pyridine rings is 1. The van der Waals surface area contributed by atoms with Crippen LogP contribution in [0.4, 0.5) is 0 Å². The average molecular weight is 277 g/mol. The number of benzene rings is 1. The van der Waals surface area contributed by atoms with Gasteiger partial charge in [0.1, 0.15) is 0 Å². The van der Waals surface area contributed by atoms with Crippen LogP contribution in [0.2, 0.25) is 0 Å². The minimum Gasteiger partial charge on any atom is -0.319 e. The first-order valence-electron chi connectivity index (χ1n) is 5.48. The predicted molar refractivity (Wildman–Crippen MR) is 79.3 cm³/mol. The van der Waals surface area contributed by atoms with E-state index in [1.54, 1.807) is 11.3 Å². The van der Waals surface area contributed by atoms with Gasteiger partial charge in [0, 0.05) is 5.39 Å². The molecule has 0 amide bonds. The van der Waals surface area contributed by atoms with E-state index in [4.69, 9.17) is 5.73 Å². The lowest BCUT2D eigenvalue weighted by atomic mass is 10.1. The third kappa shape index (κ3) is 2.38. The van der Waals surface area contributed by atoms with E-state index < -0.39 is 0 Å². The molecular formula is C14H13ClN2S. The van der Waals surface area contributed by atoms with Gasteiger partial charge in [-0.3, -0.25) is 4.98 Å². The molecule has 0 aliphatic heterocycles. The second kappa shape index (κ2) is 5.48. The number of halogens is 1. The Bertz CT molecular complexity index is 637. The molecule has 0 saturated carbocycles. The summed E-state index contributed by atoms with van der Waals surface area (Å²) in [4.78, 5) is 4.61. The van der Waals surface area contributed by atoms with Crippen LogP contribution in [0, 0.1) is 0 Å². The van der Waals surface area contributed by atoms with Crippen molar-refractivity contribution in [3.05, 3.63) is 64.5 Å². The van der Waals surface area contributed by atoms with Crippen molar-refractivity contribution in [2.75, 3.05) is 0 Å². The molecule has 2 nitrogen and oxygen atoms in total. The largest absolute Gasteiger partial charge is 0.319 e. The van der Waals surface area contributed by atoms with Crippen LogP contribution in [0.1, 0.15) is 17.3 Å². The van der Waals surface area contributed by atoms with E-state index in [2.05, 4.69) is 22.5 Å². The van der Waals surface area contributed by atoms with Gasteiger partial charge in [-0.1, -0.05) is 24.3 Å². The lowest BCUT2D eigenvalue weighted by molar-refractivity contribution is 0.840. The molecule has 3 rings (SSSR count). The van der Waals surface area contributed by atoms with Crippen LogP contribution >= 0.6 is 23.7 Å². The summed E-state index contributed by atoms with van der Waals surface area (Å²) >= 11 is 1.66. The fourth-order valence-electron chi connectivity index (χ4n) is 1.88. The van der Waals surface area contributed by atoms with Crippen molar-refractivity contribution in [1.29, 1.82) is 0 Å². The van der Waals surface area contributed by atoms with Crippen molar-refractivity contribution >= 4 is 34.6 Å². The lowest BCUT2D eigenvalue weighted by Gasteiger charge is -2.10. The SMILES string of the molecule is Cl.N[C@H](c1ccsc1)c1ccc2ccccc2n1. The highest BCUT2D eigenvalue weighted by atomic mass is 35.5. The number of thiophene rings is 1. The van der Waals surface area contributed by atoms with E-state index in [1.807, 2.05) is 35.7 Å². The van der Waals surface area contributed by atoms with Gasteiger partial charge >= 0.3 is 0 Å². The summed E-state index contributed by atoms with van der Waals surface area (Å²) in [6, 6.07) is 14.1. The molecule has 0 saturated heterocycles. The predicted octanol–water partition coefficient (Wildman–Crippen LogP) is 3.77. The van der Waals surface area contributed by atoms with Crippen LogP contribution in [-0.2, 0) is 0 Å². The smallest absolute Gasteiger partial charge is 0.0734 e. The molecule has 0 unspecified atom stereocenters. The quantitative estimate of drug-likeness (QED) is 0.774. The molecule has 0 aliphatic rings. The van der Waals surface area contributed by atoms with Crippen LogP contribution in [0.25, 0.3) is 10.9 Å². The van der Waals surface area contributed by atoms with Crippen LogP contribution in [0.3, 0.4) is 0 Å². The van der Waals surface area contributed by atoms with Crippen molar-refractivity contribution < 1.29 is 0 Å². The monoisotopic (exact) mass is 276 g/mol. The van der Waals surface area contributed by atoms with Gasteiger partial charge in [0.15, 0.2) is 0 Å². The number of aromatic nitrogens is 1. The molecule has 4 heteroatoms. The molecule has 0 spiro atoms. The van der Waals surface area contributed by atoms with Crippen LogP contribution < -0.4 is 5.73 Å². The number of fused-ring (bicyclic) bond motifs is 1. The zero-order valence-electron chi connectivity index (χ0n) is 9.61. The Balaban J connectivity index is 0.00000120. The van der Waals surface area contributed by atoms with Crippen molar-refractivity contribution in [3.8, 4) is 0 Å². The fraction of sp³-hybridized carbons (Fsp3) is 0.0714. The molecule has 0 bridgehead atoms. The van der Waals surface area contributed by atoms with Crippen molar-refractivity contribution in [3.63, 3.8) is 0 Å². The van der Waals surface area contributed by atoms with Crippen LogP contribution in [0.15, 0.2) is 53.2 Å². The zero-order valence-corrected chi connectivity index (χ0v) is 11.2. The number of nitrogens with zero attached hydrogens (tertiary/aromatic N) is 1. The van der Waals surface area contributed by atoms with E-state index >= 15 is 0 Å². The third-order valence-corrected chi connectivity index (χ3v) is 3.54. The summed E-state index contributed by atoms with van der Waals surface area (Å²) in [6.45, 7) is 0. The van der Waals surface area contributed by atoms with Gasteiger partial charge < -0.3 is 5.73 Å². The molecule has 2 N–H and O–H groups in total. The normalized spacial score (nSPS) is 12.1. The summed E-state index contributed by atoms with van der Waals surface area (Å²) in [7, 11) is 0. The standard InChI is InChI=1S/C14H12N2S.ClH/c15-14(11-7-8-17-9-11)13-6-5-10-3-1-2-4-12(10)16-13;/h1-9,14H,15H2;1H/t14-;/m1./s1. The Kier molecular flexibility index (Phi) is 3.97. The second-order valence-electron chi connectivity index (χ2n) is 3.96. The van der Waals surface area contributed by atoms with E-state index in [-0.39, 0.29) is 18.4 Å². The molecule has 92 valence electrons. The first-order valence-corrected chi connectivity index (χ1v) is 6.42. The highest BCUT2D eigenvalue weighted by molar-refractivity contribution is 7.08. The van der Waals surface area contributed by atoms with Gasteiger partial charge in [0.25, 0.3) is 0 Å². The van der Waals surface area contributed by atoms with Gasteiger partial charge in [0.05, 0.1) is 17.3 Å². The van der Waals surface area contributed by atoms with Crippen molar-refractivity contribution in [2.24, 2.45) is 5.73 Å². The molecule has 2 heterocycles. The summed E-state index contributed by atoms with van der Waals surface area (Å²) in [5, 5.41) is 5.26. The maximum absolute atomic E-state index is 6.20. The Morgan fingerprint density at radius 1 is 1.06 bits per heavy atom. The summed E-state index contributed by atoms with van der Waals surface area (Å²) in [5.74, 6) is 0. The van der Waals surface area contributed by atoms with E-state index in [0.29, 0.717) is 0 Å². The van der Waals surface area contributed by atoms with E-state index in [0.717, 1.165) is 22.2 Å². The minimum absolute atomic E-state index is 0. The van der Waals surface area contributed by atoms with E-state index in [9.17, 15) is 0 Å². The van der Waals surface area contributed by atoms with E-state index in [1.165, 1.54) is 0 Å². The summed E-state index contributed by atoms with van der Waals surface area (Å²) < 4.78 is 0. The molecule has 18 heavy (non-hydrogen) atoms. The number of para-hydroxylation sites is 1. The average Bonchev–Trinajstić information content (AvgIpc) is 2.91. The van der Waals surface area contributed by atoms with Crippen molar-refractivity contribution in [1.82, 2.24) is 4.98 Å². The number of hydrogen-bond donors (Lipinski definition) is 1. The molecule has 3 aromatic rings. The summed E-state index contributed by atoms with van der Waals surface area (Å²) in [6.07, 6.45) is 0. The summed E-state index contributed by atoms with van der Waals surface area (Å²) in [5.41, 5.74) is 9.23. The Morgan fingerprint density at radius 3 is 2.67 bits per heavy atom. The van der Waals surface area contributed by atoms with Gasteiger partial charge in [-0.2, -0.15) is 11.3 Å². The zero-order chi connectivity index (χ0) is 11.7. The van der Waals surface area contributed by atoms with Gasteiger partial charge in [-0.05, 0) is 34.5 Å². The maximum Gasteiger partial charge on any atom is 0.0734 e. The number of nitrogens with two attached hydrogens (primary N) is 1. The van der Waals surface area contributed by atoms with Crippen LogP contribution in [0.5, 0.6) is 0 Å². The fourth-order valence-corrected chi connectivity index (χ4v) is 2.57. The van der Waals surface area contributed by atoms with Gasteiger partial charge in [0.2, 0.25) is 0 Å². The molecule has 1 atom stereocenters. The number of hydrogen-bond acceptors (Lipinski definition) is 3. The molecule has 0 aliphatic carbocycles. The third-order valence-electron chi connectivity index (χ3n) is 2.84. The van der Waals surface area contributed by atoms with Crippen molar-refractivity contribution in [2.45, 2.75) is 6.04 Å². The molecule has 2 aromatic heterocycles. The molecular weight excluding hydrogens is 264 g/mol. The lowest BCUT2D eigenvalue weighted by Crippen LogP contribution is -2.12. The van der Waals surface area contributed by atoms with Crippen LogP contribution in [-0.4, -0.2) is 4.98 Å². The highest BCUT2D eigenvalue weighted by Gasteiger charge is 2.10. The highest BCUT2D eigenvalue weighted by Crippen LogP contribution is 2.22. The second-order valence-corrected chi connectivity index (χ2v) is 4.74. The first kappa shape index (κ1) is 13.0. The number of rotatable bonds is 2. The Labute approximate surface area is 116 Å². The van der Waals surface area contributed by atoms with Gasteiger partial charge in [-0.15, -0.1) is 12.4 Å². The Hall–Kier alpha value is -1.42. The minimum atomic E-state index is -0.133.